The molecule has 6 aromatic carbocycles. The summed E-state index contributed by atoms with van der Waals surface area (Å²) < 4.78 is 13.3. The Bertz CT molecular complexity index is 3150. The second-order valence-corrected chi connectivity index (χ2v) is 16.3. The third kappa shape index (κ3) is 5.87. The first-order valence-electron chi connectivity index (χ1n) is 19.6. The van der Waals surface area contributed by atoms with Crippen molar-refractivity contribution in [1.82, 2.24) is 23.9 Å². The molecular weight excluding hydrogens is 699 g/mol. The van der Waals surface area contributed by atoms with Crippen LogP contribution in [-0.2, 0) is 5.41 Å². The molecule has 57 heavy (non-hydrogen) atoms. The summed E-state index contributed by atoms with van der Waals surface area (Å²) in [5.41, 5.74) is 13.5. The van der Waals surface area contributed by atoms with E-state index >= 15 is 0 Å². The predicted octanol–water partition coefficient (Wildman–Crippen LogP) is 13.1. The topological polar surface area (TPSA) is 49.8 Å². The third-order valence-corrected chi connectivity index (χ3v) is 11.2. The number of pyridine rings is 1. The molecule has 10 rings (SSSR count). The van der Waals surface area contributed by atoms with E-state index in [1.165, 1.54) is 49.5 Å². The van der Waals surface area contributed by atoms with Gasteiger partial charge in [-0.2, -0.15) is 5.10 Å². The smallest absolute Gasteiger partial charge is 0.137 e. The van der Waals surface area contributed by atoms with Crippen LogP contribution in [0.1, 0.15) is 43.0 Å². The highest BCUT2D eigenvalue weighted by Crippen LogP contribution is 2.41. The molecule has 278 valence electrons. The van der Waals surface area contributed by atoms with Gasteiger partial charge < -0.3 is 9.30 Å². The van der Waals surface area contributed by atoms with Crippen LogP contribution in [0.15, 0.2) is 152 Å². The fourth-order valence-electron chi connectivity index (χ4n) is 8.64. The lowest BCUT2D eigenvalue weighted by atomic mass is 9.88. The number of benzene rings is 6. The molecule has 6 heteroatoms. The summed E-state index contributed by atoms with van der Waals surface area (Å²) in [6.45, 7) is 13.2. The summed E-state index contributed by atoms with van der Waals surface area (Å²) in [6, 6.07) is 49.4. The largest absolute Gasteiger partial charge is 0.457 e. The van der Waals surface area contributed by atoms with E-state index in [1.54, 1.807) is 0 Å². The first kappa shape index (κ1) is 34.6. The van der Waals surface area contributed by atoms with Crippen LogP contribution in [-0.4, -0.2) is 23.9 Å². The van der Waals surface area contributed by atoms with Crippen molar-refractivity contribution >= 4 is 43.6 Å². The third-order valence-electron chi connectivity index (χ3n) is 11.2. The van der Waals surface area contributed by atoms with E-state index in [-0.39, 0.29) is 5.41 Å². The van der Waals surface area contributed by atoms with Crippen LogP contribution in [0.2, 0.25) is 0 Å². The normalized spacial score (nSPS) is 12.0. The van der Waals surface area contributed by atoms with Gasteiger partial charge in [0.15, 0.2) is 0 Å². The highest BCUT2D eigenvalue weighted by molar-refractivity contribution is 6.19. The number of hydrogen-bond donors (Lipinski definition) is 0. The molecule has 0 radical (unpaired) electrons. The molecule has 4 aromatic heterocycles. The molecule has 0 N–H and O–H groups in total. The summed E-state index contributed by atoms with van der Waals surface area (Å²) in [6.07, 6.45) is 3.95. The number of aryl methyl sites for hydroxylation is 3. The molecule has 4 heterocycles. The van der Waals surface area contributed by atoms with Gasteiger partial charge in [-0.05, 0) is 116 Å². The van der Waals surface area contributed by atoms with Gasteiger partial charge in [0, 0.05) is 57.3 Å². The number of hydrogen-bond acceptors (Lipinski definition) is 3. The molecule has 6 nitrogen and oxygen atoms in total. The Labute approximate surface area is 332 Å². The highest BCUT2D eigenvalue weighted by atomic mass is 16.5. The number of nitrogens with zero attached hydrogens (tertiary/aromatic N) is 5. The van der Waals surface area contributed by atoms with Crippen molar-refractivity contribution in [2.75, 3.05) is 0 Å². The second-order valence-electron chi connectivity index (χ2n) is 16.3. The Hall–Kier alpha value is -6.92. The Balaban J connectivity index is 1.12. The fourth-order valence-corrected chi connectivity index (χ4v) is 8.64. The van der Waals surface area contributed by atoms with Crippen molar-refractivity contribution in [3.05, 3.63) is 174 Å². The van der Waals surface area contributed by atoms with Crippen molar-refractivity contribution in [3.8, 4) is 39.9 Å². The van der Waals surface area contributed by atoms with Crippen LogP contribution in [0, 0.1) is 20.8 Å². The number of para-hydroxylation sites is 2. The van der Waals surface area contributed by atoms with Gasteiger partial charge in [0.1, 0.15) is 17.3 Å². The van der Waals surface area contributed by atoms with Gasteiger partial charge in [-0.3, -0.25) is 4.57 Å². The molecule has 0 amide bonds. The summed E-state index contributed by atoms with van der Waals surface area (Å²) in [7, 11) is 0. The minimum absolute atomic E-state index is 0.0458. The van der Waals surface area contributed by atoms with Gasteiger partial charge >= 0.3 is 0 Å². The van der Waals surface area contributed by atoms with Crippen LogP contribution < -0.4 is 4.74 Å². The average Bonchev–Trinajstić information content (AvgIpc) is 3.89. The Morgan fingerprint density at radius 1 is 0.526 bits per heavy atom. The Kier molecular flexibility index (Phi) is 7.94. The molecular formula is C51H43N5O. The molecule has 0 fully saturated rings. The van der Waals surface area contributed by atoms with Crippen molar-refractivity contribution in [2.24, 2.45) is 0 Å². The zero-order valence-corrected chi connectivity index (χ0v) is 33.1. The molecule has 0 atom stereocenters. The van der Waals surface area contributed by atoms with Crippen molar-refractivity contribution in [2.45, 2.75) is 47.0 Å². The van der Waals surface area contributed by atoms with Crippen LogP contribution in [0.25, 0.3) is 72.1 Å². The quantitative estimate of drug-likeness (QED) is 0.170. The minimum atomic E-state index is -0.0458. The van der Waals surface area contributed by atoms with Crippen LogP contribution >= 0.6 is 0 Å². The second kappa shape index (κ2) is 13.1. The van der Waals surface area contributed by atoms with E-state index in [4.69, 9.17) is 14.8 Å². The van der Waals surface area contributed by atoms with Gasteiger partial charge in [-0.1, -0.05) is 80.9 Å². The van der Waals surface area contributed by atoms with E-state index in [0.29, 0.717) is 0 Å². The summed E-state index contributed by atoms with van der Waals surface area (Å²) in [5.74, 6) is 2.35. The minimum Gasteiger partial charge on any atom is -0.457 e. The van der Waals surface area contributed by atoms with Crippen LogP contribution in [0.5, 0.6) is 11.5 Å². The average molecular weight is 742 g/mol. The number of rotatable bonds is 6. The van der Waals surface area contributed by atoms with Gasteiger partial charge in [-0.25, -0.2) is 9.67 Å². The SMILES string of the molecule is Cc1cc(C)c(-c2ccn(-c3cccc(Oc4ccc5c6cc7c8ccccc8n(-c8ccccc8)c7cc6n(-c6cc(C(C)(C)C)ccn6)c5c4)c3)n2)c(C)c1. The van der Waals surface area contributed by atoms with E-state index in [0.717, 1.165) is 56.3 Å². The van der Waals surface area contributed by atoms with E-state index in [2.05, 4.69) is 172 Å². The highest BCUT2D eigenvalue weighted by Gasteiger charge is 2.21. The predicted molar refractivity (Wildman–Crippen MR) is 235 cm³/mol. The molecule has 0 aliphatic heterocycles. The molecule has 0 bridgehead atoms. The lowest BCUT2D eigenvalue weighted by Crippen LogP contribution is -2.12. The maximum absolute atomic E-state index is 6.67. The Morgan fingerprint density at radius 2 is 1.21 bits per heavy atom. The zero-order chi connectivity index (χ0) is 39.0. The lowest BCUT2D eigenvalue weighted by molar-refractivity contribution is 0.483. The number of ether oxygens (including phenoxy) is 1. The molecule has 10 aromatic rings. The first-order chi connectivity index (χ1) is 27.6. The standard InChI is InChI=1S/C51H43N5O/c1-32-25-33(2)50(34(3)26-32)44-22-24-54(53-44)37-15-12-16-38(28-37)57-39-19-20-41-43-30-42-40-17-10-11-18-45(40)55(36-13-8-7-9-14-36)47(42)31-48(43)56(46(41)29-39)49-27-35(21-23-52-49)51(4,5)6/h7-31H,1-6H3. The van der Waals surface area contributed by atoms with Crippen molar-refractivity contribution < 1.29 is 4.74 Å². The maximum atomic E-state index is 6.67. The first-order valence-corrected chi connectivity index (χ1v) is 19.6. The summed E-state index contributed by atoms with van der Waals surface area (Å²) >= 11 is 0. The van der Waals surface area contributed by atoms with Crippen molar-refractivity contribution in [1.29, 1.82) is 0 Å². The van der Waals surface area contributed by atoms with Gasteiger partial charge in [-0.15, -0.1) is 0 Å². The maximum Gasteiger partial charge on any atom is 0.137 e. The Morgan fingerprint density at radius 3 is 2.00 bits per heavy atom. The number of aromatic nitrogens is 5. The zero-order valence-electron chi connectivity index (χ0n) is 33.1. The molecule has 0 aliphatic rings. The molecule has 0 spiro atoms. The number of fused-ring (bicyclic) bond motifs is 6. The molecule has 0 saturated carbocycles. The van der Waals surface area contributed by atoms with Crippen molar-refractivity contribution in [3.63, 3.8) is 0 Å². The summed E-state index contributed by atoms with van der Waals surface area (Å²) in [4.78, 5) is 5.00. The molecule has 0 aliphatic carbocycles. The van der Waals surface area contributed by atoms with Crippen LogP contribution in [0.3, 0.4) is 0 Å². The van der Waals surface area contributed by atoms with E-state index < -0.39 is 0 Å². The van der Waals surface area contributed by atoms with E-state index in [1.807, 2.05) is 35.3 Å². The van der Waals surface area contributed by atoms with Gasteiger partial charge in [0.05, 0.1) is 33.4 Å². The van der Waals surface area contributed by atoms with E-state index in [9.17, 15) is 0 Å². The van der Waals surface area contributed by atoms with Gasteiger partial charge in [0.2, 0.25) is 0 Å². The lowest BCUT2D eigenvalue weighted by Gasteiger charge is -2.20. The molecule has 0 saturated heterocycles. The molecule has 0 unspecified atom stereocenters. The summed E-state index contributed by atoms with van der Waals surface area (Å²) in [5, 5.41) is 9.73. The monoisotopic (exact) mass is 741 g/mol. The van der Waals surface area contributed by atoms with Crippen LogP contribution in [0.4, 0.5) is 0 Å². The van der Waals surface area contributed by atoms with Gasteiger partial charge in [0.25, 0.3) is 0 Å². The fraction of sp³-hybridized carbons (Fsp3) is 0.137.